The van der Waals surface area contributed by atoms with Crippen LogP contribution in [0.2, 0.25) is 0 Å². The van der Waals surface area contributed by atoms with Gasteiger partial charge in [-0.1, -0.05) is 24.3 Å². The van der Waals surface area contributed by atoms with Crippen molar-refractivity contribution in [2.45, 2.75) is 6.54 Å². The molecule has 4 N–H and O–H groups in total. The van der Waals surface area contributed by atoms with Crippen LogP contribution in [0.25, 0.3) is 0 Å². The van der Waals surface area contributed by atoms with Crippen molar-refractivity contribution < 1.29 is 13.9 Å². The first-order valence-corrected chi connectivity index (χ1v) is 8.38. The van der Waals surface area contributed by atoms with Crippen LogP contribution >= 0.6 is 24.0 Å². The first-order chi connectivity index (χ1) is 13.2. The maximum atomic E-state index is 11.8. The smallest absolute Gasteiger partial charge is 0.242 e. The number of furan rings is 1. The lowest BCUT2D eigenvalue weighted by Crippen LogP contribution is -2.28. The molecule has 0 unspecified atom stereocenters. The van der Waals surface area contributed by atoms with Crippen molar-refractivity contribution in [3.05, 3.63) is 78.8 Å². The minimum Gasteiger partial charge on any atom is -0.467 e. The maximum absolute atomic E-state index is 11.8. The molecule has 3 aromatic rings. The van der Waals surface area contributed by atoms with Crippen LogP contribution in [-0.2, 0) is 11.3 Å². The number of nitrogens with two attached hydrogens (primary N) is 1. The molecule has 0 aliphatic rings. The summed E-state index contributed by atoms with van der Waals surface area (Å²) >= 11 is 0. The molecule has 0 aliphatic heterocycles. The molecule has 0 aliphatic carbocycles. The number of guanidine groups is 1. The van der Waals surface area contributed by atoms with Crippen LogP contribution in [0.4, 0.5) is 5.69 Å². The zero-order chi connectivity index (χ0) is 18.9. The number of anilines is 1. The Morgan fingerprint density at radius 1 is 1.04 bits per heavy atom. The number of nitrogens with zero attached hydrogens (tertiary/aromatic N) is 1. The first kappa shape index (κ1) is 21.3. The molecule has 0 radical (unpaired) electrons. The minimum atomic E-state index is -0.252. The summed E-state index contributed by atoms with van der Waals surface area (Å²) in [5.41, 5.74) is 6.56. The van der Waals surface area contributed by atoms with Crippen molar-refractivity contribution >= 4 is 41.5 Å². The van der Waals surface area contributed by atoms with E-state index >= 15 is 0 Å². The predicted octanol–water partition coefficient (Wildman–Crippen LogP) is 3.73. The van der Waals surface area contributed by atoms with Crippen LogP contribution in [0.1, 0.15) is 5.76 Å². The fourth-order valence-corrected chi connectivity index (χ4v) is 2.26. The predicted molar refractivity (Wildman–Crippen MR) is 119 cm³/mol. The number of benzene rings is 2. The molecule has 0 fully saturated rings. The second-order valence-electron chi connectivity index (χ2n) is 5.63. The molecule has 1 heterocycles. The van der Waals surface area contributed by atoms with E-state index in [-0.39, 0.29) is 42.4 Å². The number of carbonyl (C=O) groups is 1. The molecule has 0 bridgehead atoms. The molecular weight excluding hydrogens is 471 g/mol. The van der Waals surface area contributed by atoms with Gasteiger partial charge in [-0.3, -0.25) is 4.79 Å². The summed E-state index contributed by atoms with van der Waals surface area (Å²) in [5, 5.41) is 5.64. The molecule has 146 valence electrons. The number of rotatable bonds is 7. The Hall–Kier alpha value is -3.01. The van der Waals surface area contributed by atoms with E-state index < -0.39 is 0 Å². The lowest BCUT2D eigenvalue weighted by Gasteiger charge is -2.09. The summed E-state index contributed by atoms with van der Waals surface area (Å²) in [4.78, 5) is 15.8. The third kappa shape index (κ3) is 6.95. The van der Waals surface area contributed by atoms with E-state index in [1.165, 1.54) is 0 Å². The second kappa shape index (κ2) is 11.0. The van der Waals surface area contributed by atoms with Crippen molar-refractivity contribution in [2.24, 2.45) is 10.7 Å². The van der Waals surface area contributed by atoms with Crippen LogP contribution in [0.3, 0.4) is 0 Å². The van der Waals surface area contributed by atoms with Gasteiger partial charge in [0, 0.05) is 11.8 Å². The van der Waals surface area contributed by atoms with Crippen LogP contribution < -0.4 is 21.1 Å². The Kier molecular flexibility index (Phi) is 8.35. The highest BCUT2D eigenvalue weighted by atomic mass is 127. The lowest BCUT2D eigenvalue weighted by atomic mass is 10.3. The molecule has 0 saturated heterocycles. The molecule has 1 aromatic heterocycles. The second-order valence-corrected chi connectivity index (χ2v) is 5.63. The van der Waals surface area contributed by atoms with Crippen molar-refractivity contribution in [3.63, 3.8) is 0 Å². The van der Waals surface area contributed by atoms with Gasteiger partial charge >= 0.3 is 0 Å². The molecule has 0 saturated carbocycles. The molecule has 2 aromatic carbocycles. The van der Waals surface area contributed by atoms with Gasteiger partial charge in [0.1, 0.15) is 23.8 Å². The van der Waals surface area contributed by atoms with Crippen LogP contribution in [0.15, 0.2) is 82.4 Å². The molecule has 0 atom stereocenters. The van der Waals surface area contributed by atoms with Gasteiger partial charge in [0.05, 0.1) is 12.8 Å². The van der Waals surface area contributed by atoms with Crippen LogP contribution in [0.5, 0.6) is 11.5 Å². The third-order valence-electron chi connectivity index (χ3n) is 3.52. The fraction of sp³-hybridized carbons (Fsp3) is 0.100. The zero-order valence-corrected chi connectivity index (χ0v) is 17.3. The number of hydrogen-bond acceptors (Lipinski definition) is 4. The number of para-hydroxylation sites is 1. The Morgan fingerprint density at radius 3 is 2.57 bits per heavy atom. The summed E-state index contributed by atoms with van der Waals surface area (Å²) in [6, 6.07) is 20.3. The van der Waals surface area contributed by atoms with Gasteiger partial charge in [0.25, 0.3) is 0 Å². The summed E-state index contributed by atoms with van der Waals surface area (Å²) < 4.78 is 10.9. The molecule has 28 heavy (non-hydrogen) atoms. The number of carbonyl (C=O) groups excluding carboxylic acids is 1. The van der Waals surface area contributed by atoms with E-state index in [4.69, 9.17) is 14.9 Å². The third-order valence-corrected chi connectivity index (χ3v) is 3.52. The van der Waals surface area contributed by atoms with Gasteiger partial charge in [-0.05, 0) is 36.4 Å². The van der Waals surface area contributed by atoms with Crippen molar-refractivity contribution in [3.8, 4) is 11.5 Å². The Balaban J connectivity index is 0.00000280. The molecule has 8 heteroatoms. The average Bonchev–Trinajstić information content (AvgIpc) is 3.19. The number of amides is 1. The van der Waals surface area contributed by atoms with Crippen molar-refractivity contribution in [2.75, 3.05) is 11.9 Å². The number of ether oxygens (including phenoxy) is 1. The van der Waals surface area contributed by atoms with Gasteiger partial charge in [-0.2, -0.15) is 0 Å². The first-order valence-electron chi connectivity index (χ1n) is 8.38. The molecule has 1 amide bonds. The topological polar surface area (TPSA) is 102 Å². The lowest BCUT2D eigenvalue weighted by molar-refractivity contribution is -0.119. The number of hydrogen-bond donors (Lipinski definition) is 3. The highest BCUT2D eigenvalue weighted by molar-refractivity contribution is 14.0. The fourth-order valence-electron chi connectivity index (χ4n) is 2.26. The quantitative estimate of drug-likeness (QED) is 0.265. The van der Waals surface area contributed by atoms with Gasteiger partial charge in [-0.15, -0.1) is 24.0 Å². The Bertz CT molecular complexity index is 899. The highest BCUT2D eigenvalue weighted by Crippen LogP contribution is 2.23. The number of nitrogens with one attached hydrogen (secondary N) is 2. The van der Waals surface area contributed by atoms with E-state index in [9.17, 15) is 4.79 Å². The summed E-state index contributed by atoms with van der Waals surface area (Å²) in [6.45, 7) is 0.229. The molecule has 7 nitrogen and oxygen atoms in total. The van der Waals surface area contributed by atoms with E-state index in [2.05, 4.69) is 15.6 Å². The van der Waals surface area contributed by atoms with Gasteiger partial charge < -0.3 is 25.5 Å². The van der Waals surface area contributed by atoms with Crippen molar-refractivity contribution in [1.29, 1.82) is 0 Å². The van der Waals surface area contributed by atoms with E-state index in [1.54, 1.807) is 24.5 Å². The average molecular weight is 492 g/mol. The van der Waals surface area contributed by atoms with Crippen molar-refractivity contribution in [1.82, 2.24) is 5.32 Å². The number of halogens is 1. The Morgan fingerprint density at radius 2 is 1.82 bits per heavy atom. The Labute approximate surface area is 180 Å². The van der Waals surface area contributed by atoms with E-state index in [0.717, 1.165) is 5.75 Å². The summed E-state index contributed by atoms with van der Waals surface area (Å²) in [6.07, 6.45) is 1.55. The zero-order valence-electron chi connectivity index (χ0n) is 15.0. The SMILES string of the molecule is I.NC(=NCC(=O)NCc1ccco1)Nc1cccc(Oc2ccccc2)c1. The number of aliphatic imine (C=N–C) groups is 1. The monoisotopic (exact) mass is 492 g/mol. The molecule has 0 spiro atoms. The van der Waals surface area contributed by atoms with Gasteiger partial charge in [-0.25, -0.2) is 4.99 Å². The van der Waals surface area contributed by atoms with Gasteiger partial charge in [0.15, 0.2) is 5.96 Å². The van der Waals surface area contributed by atoms with Crippen LogP contribution in [0, 0.1) is 0 Å². The maximum Gasteiger partial charge on any atom is 0.242 e. The minimum absolute atomic E-state index is 0. The molecular formula is C20H21IN4O3. The van der Waals surface area contributed by atoms with Crippen LogP contribution in [-0.4, -0.2) is 18.4 Å². The summed E-state index contributed by atoms with van der Waals surface area (Å²) in [5.74, 6) is 1.96. The van der Waals surface area contributed by atoms with E-state index in [1.807, 2.05) is 48.5 Å². The van der Waals surface area contributed by atoms with Gasteiger partial charge in [0.2, 0.25) is 5.91 Å². The standard InChI is InChI=1S/C20H20N4O3.HI/c21-20(23-14-19(25)22-13-18-10-5-11-26-18)24-15-6-4-9-17(12-15)27-16-7-2-1-3-8-16;/h1-12H,13-14H2,(H,22,25)(H3,21,23,24);1H. The normalized spacial score (nSPS) is 10.6. The summed E-state index contributed by atoms with van der Waals surface area (Å²) in [7, 11) is 0. The molecule has 3 rings (SSSR count). The highest BCUT2D eigenvalue weighted by Gasteiger charge is 2.03. The largest absolute Gasteiger partial charge is 0.467 e. The van der Waals surface area contributed by atoms with E-state index in [0.29, 0.717) is 23.7 Å².